The number of phenols is 1. The Morgan fingerprint density at radius 1 is 1.33 bits per heavy atom. The van der Waals surface area contributed by atoms with Gasteiger partial charge >= 0.3 is 0 Å². The minimum absolute atomic E-state index is 0.0859. The van der Waals surface area contributed by atoms with Gasteiger partial charge in [0.2, 0.25) is 0 Å². The van der Waals surface area contributed by atoms with E-state index in [9.17, 15) is 5.11 Å². The molecule has 0 saturated heterocycles. The highest BCUT2D eigenvalue weighted by Gasteiger charge is 2.18. The minimum Gasteiger partial charge on any atom is -0.508 e. The summed E-state index contributed by atoms with van der Waals surface area (Å²) in [5.41, 5.74) is 10.8. The molecule has 0 spiro atoms. The lowest BCUT2D eigenvalue weighted by Gasteiger charge is -2.23. The van der Waals surface area contributed by atoms with Crippen molar-refractivity contribution in [3.05, 3.63) is 28.3 Å². The van der Waals surface area contributed by atoms with Crippen LogP contribution in [-0.2, 0) is 12.8 Å². The number of hydrogen-bond acceptors (Lipinski definition) is 2. The summed E-state index contributed by atoms with van der Waals surface area (Å²) in [6.45, 7) is 4.01. The zero-order valence-electron chi connectivity index (χ0n) is 9.51. The molecule has 1 aliphatic carbocycles. The van der Waals surface area contributed by atoms with Crippen molar-refractivity contribution in [1.82, 2.24) is 0 Å². The molecule has 0 aliphatic heterocycles. The third-order valence-electron chi connectivity index (χ3n) is 3.41. The van der Waals surface area contributed by atoms with Gasteiger partial charge in [0.1, 0.15) is 5.75 Å². The van der Waals surface area contributed by atoms with Gasteiger partial charge in [0, 0.05) is 11.6 Å². The molecule has 0 aromatic heterocycles. The van der Waals surface area contributed by atoms with Crippen LogP contribution in [0.2, 0.25) is 0 Å². The molecule has 15 heavy (non-hydrogen) atoms. The van der Waals surface area contributed by atoms with Crippen LogP contribution in [0.5, 0.6) is 5.75 Å². The van der Waals surface area contributed by atoms with Crippen LogP contribution in [0.4, 0.5) is 0 Å². The van der Waals surface area contributed by atoms with Crippen molar-refractivity contribution in [3.8, 4) is 5.75 Å². The molecule has 0 bridgehead atoms. The first-order chi connectivity index (χ1) is 7.11. The van der Waals surface area contributed by atoms with Crippen LogP contribution in [0, 0.1) is 6.92 Å². The second-order valence-corrected chi connectivity index (χ2v) is 4.57. The van der Waals surface area contributed by atoms with Crippen LogP contribution < -0.4 is 5.73 Å². The lowest BCUT2D eigenvalue weighted by Crippen LogP contribution is -2.12. The van der Waals surface area contributed by atoms with Crippen LogP contribution in [0.15, 0.2) is 6.07 Å². The summed E-state index contributed by atoms with van der Waals surface area (Å²) in [5.74, 6) is 0.378. The number of rotatable bonds is 1. The molecule has 0 fully saturated rings. The molecule has 1 aromatic rings. The second kappa shape index (κ2) is 3.86. The van der Waals surface area contributed by atoms with Crippen molar-refractivity contribution in [3.63, 3.8) is 0 Å². The Bertz CT molecular complexity index is 383. The number of phenolic OH excluding ortho intramolecular Hbond substituents is 1. The van der Waals surface area contributed by atoms with Gasteiger partial charge in [-0.2, -0.15) is 0 Å². The largest absolute Gasteiger partial charge is 0.508 e. The molecule has 1 unspecified atom stereocenters. The molecular weight excluding hydrogens is 186 g/mol. The van der Waals surface area contributed by atoms with Crippen LogP contribution in [0.3, 0.4) is 0 Å². The average molecular weight is 205 g/mol. The monoisotopic (exact) mass is 205 g/mol. The molecule has 2 nitrogen and oxygen atoms in total. The van der Waals surface area contributed by atoms with Crippen molar-refractivity contribution in [2.45, 2.75) is 45.6 Å². The highest BCUT2D eigenvalue weighted by atomic mass is 16.3. The molecule has 0 amide bonds. The predicted molar refractivity (Wildman–Crippen MR) is 62.1 cm³/mol. The summed E-state index contributed by atoms with van der Waals surface area (Å²) < 4.78 is 0. The Balaban J connectivity index is 2.59. The summed E-state index contributed by atoms with van der Waals surface area (Å²) >= 11 is 0. The van der Waals surface area contributed by atoms with Gasteiger partial charge in [-0.25, -0.2) is 0 Å². The molecule has 2 heteroatoms. The van der Waals surface area contributed by atoms with Crippen molar-refractivity contribution < 1.29 is 5.11 Å². The standard InChI is InChI=1S/C13H19NO/c1-8-11-6-4-3-5-10(11)7-12(15)13(8)9(2)14/h7,9,15H,3-6,14H2,1-2H3. The normalized spacial score (nSPS) is 17.3. The highest BCUT2D eigenvalue weighted by Crippen LogP contribution is 2.34. The first-order valence-corrected chi connectivity index (χ1v) is 5.71. The van der Waals surface area contributed by atoms with Crippen LogP contribution in [-0.4, -0.2) is 5.11 Å². The lowest BCUT2D eigenvalue weighted by atomic mass is 9.84. The van der Waals surface area contributed by atoms with Gasteiger partial charge in [-0.3, -0.25) is 0 Å². The summed E-state index contributed by atoms with van der Waals surface area (Å²) in [7, 11) is 0. The molecule has 2 rings (SSSR count). The van der Waals surface area contributed by atoms with Gasteiger partial charge < -0.3 is 10.8 Å². The Kier molecular flexibility index (Phi) is 2.70. The highest BCUT2D eigenvalue weighted by molar-refractivity contribution is 5.50. The number of hydrogen-bond donors (Lipinski definition) is 2. The summed E-state index contributed by atoms with van der Waals surface area (Å²) in [6, 6.07) is 1.83. The second-order valence-electron chi connectivity index (χ2n) is 4.57. The van der Waals surface area contributed by atoms with Crippen molar-refractivity contribution >= 4 is 0 Å². The lowest BCUT2D eigenvalue weighted by molar-refractivity contribution is 0.460. The molecule has 1 aliphatic rings. The fourth-order valence-corrected chi connectivity index (χ4v) is 2.69. The van der Waals surface area contributed by atoms with E-state index in [4.69, 9.17) is 5.73 Å². The molecule has 1 aromatic carbocycles. The maximum Gasteiger partial charge on any atom is 0.120 e. The molecule has 0 radical (unpaired) electrons. The van der Waals surface area contributed by atoms with Crippen molar-refractivity contribution in [2.24, 2.45) is 5.73 Å². The zero-order valence-corrected chi connectivity index (χ0v) is 9.51. The number of benzene rings is 1. The van der Waals surface area contributed by atoms with Crippen LogP contribution >= 0.6 is 0 Å². The van der Waals surface area contributed by atoms with Crippen molar-refractivity contribution in [2.75, 3.05) is 0 Å². The first kappa shape index (κ1) is 10.5. The quantitative estimate of drug-likeness (QED) is 0.740. The van der Waals surface area contributed by atoms with E-state index >= 15 is 0 Å². The van der Waals surface area contributed by atoms with E-state index in [1.807, 2.05) is 13.0 Å². The Morgan fingerprint density at radius 2 is 2.00 bits per heavy atom. The zero-order chi connectivity index (χ0) is 11.0. The van der Waals surface area contributed by atoms with Gasteiger partial charge in [0.05, 0.1) is 0 Å². The summed E-state index contributed by atoms with van der Waals surface area (Å²) in [4.78, 5) is 0. The predicted octanol–water partition coefficient (Wildman–Crippen LogP) is 2.60. The fraction of sp³-hybridized carbons (Fsp3) is 0.538. The maximum atomic E-state index is 9.94. The van der Waals surface area contributed by atoms with Gasteiger partial charge in [-0.05, 0) is 62.3 Å². The van der Waals surface area contributed by atoms with Gasteiger partial charge in [0.15, 0.2) is 0 Å². The third-order valence-corrected chi connectivity index (χ3v) is 3.41. The number of nitrogens with two attached hydrogens (primary N) is 1. The number of aromatic hydroxyl groups is 1. The Morgan fingerprint density at radius 3 is 2.67 bits per heavy atom. The Hall–Kier alpha value is -1.02. The van der Waals surface area contributed by atoms with E-state index < -0.39 is 0 Å². The van der Waals surface area contributed by atoms with E-state index in [0.717, 1.165) is 18.4 Å². The van der Waals surface area contributed by atoms with E-state index in [-0.39, 0.29) is 6.04 Å². The van der Waals surface area contributed by atoms with E-state index in [1.54, 1.807) is 0 Å². The van der Waals surface area contributed by atoms with E-state index in [2.05, 4.69) is 6.92 Å². The van der Waals surface area contributed by atoms with Gasteiger partial charge in [-0.15, -0.1) is 0 Å². The SMILES string of the molecule is Cc1c2c(cc(O)c1C(C)N)CCCC2. The molecule has 1 atom stereocenters. The van der Waals surface area contributed by atoms with E-state index in [1.165, 1.54) is 29.5 Å². The van der Waals surface area contributed by atoms with Crippen LogP contribution in [0.1, 0.15) is 48.1 Å². The molecule has 0 heterocycles. The fourth-order valence-electron chi connectivity index (χ4n) is 2.69. The number of fused-ring (bicyclic) bond motifs is 1. The van der Waals surface area contributed by atoms with Crippen LogP contribution in [0.25, 0.3) is 0 Å². The number of aryl methyl sites for hydroxylation is 1. The first-order valence-electron chi connectivity index (χ1n) is 5.71. The maximum absolute atomic E-state index is 9.94. The summed E-state index contributed by atoms with van der Waals surface area (Å²) in [6.07, 6.45) is 4.74. The minimum atomic E-state index is -0.0859. The van der Waals surface area contributed by atoms with Gasteiger partial charge in [0.25, 0.3) is 0 Å². The average Bonchev–Trinajstić information content (AvgIpc) is 2.17. The van der Waals surface area contributed by atoms with E-state index in [0.29, 0.717) is 5.75 Å². The van der Waals surface area contributed by atoms with Crippen molar-refractivity contribution in [1.29, 1.82) is 0 Å². The van der Waals surface area contributed by atoms with Gasteiger partial charge in [-0.1, -0.05) is 0 Å². The molecule has 3 N–H and O–H groups in total. The third kappa shape index (κ3) is 1.74. The Labute approximate surface area is 91.1 Å². The molecular formula is C13H19NO. The smallest absolute Gasteiger partial charge is 0.120 e. The summed E-state index contributed by atoms with van der Waals surface area (Å²) in [5, 5.41) is 9.94. The molecule has 82 valence electrons. The molecule has 0 saturated carbocycles. The topological polar surface area (TPSA) is 46.2 Å².